The molecule has 2 aromatic carbocycles. The van der Waals surface area contributed by atoms with Gasteiger partial charge in [-0.25, -0.2) is 4.98 Å². The summed E-state index contributed by atoms with van der Waals surface area (Å²) >= 11 is 6.83. The number of aromatic nitrogens is 2. The minimum Gasteiger partial charge on any atom is -0.325 e. The number of carbonyl (C=O) groups excluding carboxylic acids is 1. The van der Waals surface area contributed by atoms with E-state index < -0.39 is 18.6 Å². The smallest absolute Gasteiger partial charge is 0.325 e. The van der Waals surface area contributed by atoms with E-state index in [0.717, 1.165) is 16.3 Å². The van der Waals surface area contributed by atoms with Crippen LogP contribution in [0.15, 0.2) is 59.9 Å². The third-order valence-electron chi connectivity index (χ3n) is 3.93. The Balaban J connectivity index is 1.74. The molecule has 0 fully saturated rings. The van der Waals surface area contributed by atoms with Gasteiger partial charge in [-0.15, -0.1) is 0 Å². The molecule has 0 radical (unpaired) electrons. The first-order valence-electron chi connectivity index (χ1n) is 8.57. The Morgan fingerprint density at radius 1 is 1.23 bits per heavy atom. The minimum atomic E-state index is -4.44. The highest BCUT2D eigenvalue weighted by Gasteiger charge is 2.31. The molecule has 3 rings (SSSR count). The molecule has 0 unspecified atom stereocenters. The zero-order valence-electron chi connectivity index (χ0n) is 15.3. The second-order valence-corrected chi connectivity index (χ2v) is 7.49. The average molecular weight is 451 g/mol. The number of alkyl halides is 3. The van der Waals surface area contributed by atoms with Gasteiger partial charge >= 0.3 is 6.18 Å². The molecule has 154 valence electrons. The largest absolute Gasteiger partial charge is 0.406 e. The lowest BCUT2D eigenvalue weighted by atomic mass is 10.2. The standard InChI is InChI=1S/C20H14ClF3N4OS/c21-16-8-15(7-6-14(16)9-25)27-18(29)11-30-19-26-10-17(13-4-2-1-3-5-13)28(19)12-20(22,23)24/h1-8,10H,11-12H2,(H,27,29). The number of hydrogen-bond acceptors (Lipinski definition) is 4. The zero-order valence-corrected chi connectivity index (χ0v) is 16.9. The van der Waals surface area contributed by atoms with Crippen molar-refractivity contribution in [2.75, 3.05) is 11.1 Å². The second-order valence-electron chi connectivity index (χ2n) is 6.14. The van der Waals surface area contributed by atoms with E-state index in [-0.39, 0.29) is 21.5 Å². The molecule has 0 spiro atoms. The molecule has 1 heterocycles. The lowest BCUT2D eigenvalue weighted by Gasteiger charge is -2.14. The molecule has 0 bridgehead atoms. The van der Waals surface area contributed by atoms with Gasteiger partial charge in [-0.05, 0) is 23.8 Å². The monoisotopic (exact) mass is 450 g/mol. The fourth-order valence-corrected chi connectivity index (χ4v) is 3.66. The van der Waals surface area contributed by atoms with E-state index >= 15 is 0 Å². The van der Waals surface area contributed by atoms with Gasteiger partial charge in [-0.3, -0.25) is 4.79 Å². The maximum atomic E-state index is 13.1. The van der Waals surface area contributed by atoms with Crippen LogP contribution in [0.2, 0.25) is 5.02 Å². The second kappa shape index (κ2) is 9.24. The van der Waals surface area contributed by atoms with Gasteiger partial charge in [-0.2, -0.15) is 18.4 Å². The van der Waals surface area contributed by atoms with E-state index in [9.17, 15) is 18.0 Å². The van der Waals surface area contributed by atoms with E-state index in [1.54, 1.807) is 30.3 Å². The van der Waals surface area contributed by atoms with Gasteiger partial charge in [0.05, 0.1) is 28.2 Å². The number of imidazole rings is 1. The number of anilines is 1. The number of rotatable bonds is 6. The lowest BCUT2D eigenvalue weighted by Crippen LogP contribution is -2.20. The van der Waals surface area contributed by atoms with Crippen molar-refractivity contribution in [2.24, 2.45) is 0 Å². The highest BCUT2D eigenvalue weighted by molar-refractivity contribution is 7.99. The number of thioether (sulfide) groups is 1. The minimum absolute atomic E-state index is 0.0826. The molecule has 0 aliphatic heterocycles. The van der Waals surface area contributed by atoms with Crippen molar-refractivity contribution in [3.8, 4) is 17.3 Å². The number of carbonyl (C=O) groups is 1. The fraction of sp³-hybridized carbons (Fsp3) is 0.150. The molecule has 0 atom stereocenters. The molecule has 1 N–H and O–H groups in total. The first-order valence-corrected chi connectivity index (χ1v) is 9.93. The van der Waals surface area contributed by atoms with Crippen LogP contribution in [0.25, 0.3) is 11.3 Å². The Morgan fingerprint density at radius 3 is 2.60 bits per heavy atom. The van der Waals surface area contributed by atoms with E-state index in [2.05, 4.69) is 10.3 Å². The van der Waals surface area contributed by atoms with Gasteiger partial charge in [-0.1, -0.05) is 53.7 Å². The lowest BCUT2D eigenvalue weighted by molar-refractivity contribution is -0.141. The van der Waals surface area contributed by atoms with Gasteiger partial charge in [0, 0.05) is 5.69 Å². The van der Waals surface area contributed by atoms with E-state index in [1.807, 2.05) is 6.07 Å². The molecule has 0 aliphatic rings. The summed E-state index contributed by atoms with van der Waals surface area (Å²) in [5.74, 6) is -0.593. The average Bonchev–Trinajstić information content (AvgIpc) is 3.08. The summed E-state index contributed by atoms with van der Waals surface area (Å²) in [5.41, 5.74) is 1.56. The van der Waals surface area contributed by atoms with Gasteiger partial charge in [0.1, 0.15) is 12.6 Å². The van der Waals surface area contributed by atoms with Gasteiger partial charge < -0.3 is 9.88 Å². The van der Waals surface area contributed by atoms with Gasteiger partial charge in [0.25, 0.3) is 0 Å². The topological polar surface area (TPSA) is 70.7 Å². The Bertz CT molecular complexity index is 1090. The molecular weight excluding hydrogens is 437 g/mol. The summed E-state index contributed by atoms with van der Waals surface area (Å²) in [5, 5.41) is 11.7. The summed E-state index contributed by atoms with van der Waals surface area (Å²) < 4.78 is 40.4. The maximum Gasteiger partial charge on any atom is 0.406 e. The number of hydrogen-bond donors (Lipinski definition) is 1. The maximum absolute atomic E-state index is 13.1. The molecule has 30 heavy (non-hydrogen) atoms. The van der Waals surface area contributed by atoms with Crippen molar-refractivity contribution in [2.45, 2.75) is 17.9 Å². The van der Waals surface area contributed by atoms with Crippen LogP contribution in [0.3, 0.4) is 0 Å². The summed E-state index contributed by atoms with van der Waals surface area (Å²) in [4.78, 5) is 16.3. The van der Waals surface area contributed by atoms with Crippen LogP contribution < -0.4 is 5.32 Å². The summed E-state index contributed by atoms with van der Waals surface area (Å²) in [6.07, 6.45) is -3.08. The Kier molecular flexibility index (Phi) is 6.70. The van der Waals surface area contributed by atoms with Crippen molar-refractivity contribution in [3.63, 3.8) is 0 Å². The quantitative estimate of drug-likeness (QED) is 0.513. The number of nitriles is 1. The number of amides is 1. The molecule has 10 heteroatoms. The molecule has 0 saturated heterocycles. The highest BCUT2D eigenvalue weighted by Crippen LogP contribution is 2.30. The van der Waals surface area contributed by atoms with Crippen molar-refractivity contribution >= 4 is 35.0 Å². The van der Waals surface area contributed by atoms with Crippen LogP contribution in [0.5, 0.6) is 0 Å². The predicted molar refractivity (Wildman–Crippen MR) is 109 cm³/mol. The Morgan fingerprint density at radius 2 is 1.97 bits per heavy atom. The normalized spacial score (nSPS) is 11.2. The summed E-state index contributed by atoms with van der Waals surface area (Å²) in [6, 6.07) is 14.9. The third-order valence-corrected chi connectivity index (χ3v) is 5.23. The Hall–Kier alpha value is -2.96. The van der Waals surface area contributed by atoms with Crippen molar-refractivity contribution in [1.82, 2.24) is 9.55 Å². The predicted octanol–water partition coefficient (Wildman–Crippen LogP) is 5.37. The molecular formula is C20H14ClF3N4OS. The zero-order chi connectivity index (χ0) is 21.7. The number of benzene rings is 2. The number of halogens is 4. The molecule has 0 saturated carbocycles. The van der Waals surface area contributed by atoms with Gasteiger partial charge in [0.2, 0.25) is 5.91 Å². The molecule has 1 aromatic heterocycles. The van der Waals surface area contributed by atoms with E-state index in [0.29, 0.717) is 16.9 Å². The molecule has 1 amide bonds. The first-order chi connectivity index (χ1) is 14.3. The molecule has 5 nitrogen and oxygen atoms in total. The number of nitrogens with one attached hydrogen (secondary N) is 1. The van der Waals surface area contributed by atoms with Crippen LogP contribution in [0, 0.1) is 11.3 Å². The Labute approximate surface area is 179 Å². The first kappa shape index (κ1) is 21.7. The van der Waals surface area contributed by atoms with Crippen LogP contribution in [-0.4, -0.2) is 27.4 Å². The SMILES string of the molecule is N#Cc1ccc(NC(=O)CSc2ncc(-c3ccccc3)n2CC(F)(F)F)cc1Cl. The van der Waals surface area contributed by atoms with Crippen molar-refractivity contribution < 1.29 is 18.0 Å². The van der Waals surface area contributed by atoms with Crippen molar-refractivity contribution in [1.29, 1.82) is 5.26 Å². The third kappa shape index (κ3) is 5.55. The van der Waals surface area contributed by atoms with Crippen LogP contribution in [0.1, 0.15) is 5.56 Å². The van der Waals surface area contributed by atoms with Gasteiger partial charge in [0.15, 0.2) is 5.16 Å². The van der Waals surface area contributed by atoms with Crippen LogP contribution in [0.4, 0.5) is 18.9 Å². The summed E-state index contributed by atoms with van der Waals surface area (Å²) in [6.45, 7) is -1.22. The molecule has 3 aromatic rings. The van der Waals surface area contributed by atoms with E-state index in [1.165, 1.54) is 24.4 Å². The van der Waals surface area contributed by atoms with Crippen molar-refractivity contribution in [3.05, 3.63) is 65.3 Å². The fourth-order valence-electron chi connectivity index (χ4n) is 2.66. The molecule has 0 aliphatic carbocycles. The van der Waals surface area contributed by atoms with Crippen LogP contribution >= 0.6 is 23.4 Å². The van der Waals surface area contributed by atoms with E-state index in [4.69, 9.17) is 16.9 Å². The summed E-state index contributed by atoms with van der Waals surface area (Å²) in [7, 11) is 0. The van der Waals surface area contributed by atoms with Crippen LogP contribution in [-0.2, 0) is 11.3 Å². The highest BCUT2D eigenvalue weighted by atomic mass is 35.5. The number of nitrogens with zero attached hydrogens (tertiary/aromatic N) is 3.